The topological polar surface area (TPSA) is 94.6 Å². The van der Waals surface area contributed by atoms with Gasteiger partial charge < -0.3 is 24.9 Å². The number of methoxy groups -OCH3 is 1. The Kier molecular flexibility index (Phi) is 6.53. The van der Waals surface area contributed by atoms with E-state index in [0.717, 1.165) is 11.3 Å². The minimum absolute atomic E-state index is 0.142. The summed E-state index contributed by atoms with van der Waals surface area (Å²) in [5, 5.41) is 15.9. The molecule has 1 aromatic heterocycles. The normalized spacial score (nSPS) is 10.4. The van der Waals surface area contributed by atoms with Crippen molar-refractivity contribution in [3.63, 3.8) is 0 Å². The number of hydrogen-bond acceptors (Lipinski definition) is 6. The summed E-state index contributed by atoms with van der Waals surface area (Å²) < 4.78 is 5.01. The van der Waals surface area contributed by atoms with Crippen LogP contribution in [0.4, 0.5) is 10.5 Å². The van der Waals surface area contributed by atoms with Crippen LogP contribution >= 0.6 is 22.9 Å². The van der Waals surface area contributed by atoms with E-state index in [1.807, 2.05) is 0 Å². The first-order chi connectivity index (χ1) is 11.5. The molecule has 0 aliphatic rings. The van der Waals surface area contributed by atoms with Crippen LogP contribution in [0, 0.1) is 0 Å². The van der Waals surface area contributed by atoms with Crippen molar-refractivity contribution in [2.24, 2.45) is 0 Å². The van der Waals surface area contributed by atoms with E-state index < -0.39 is 5.97 Å². The second kappa shape index (κ2) is 8.62. The molecule has 128 valence electrons. The number of benzene rings is 1. The maximum atomic E-state index is 12.4. The van der Waals surface area contributed by atoms with Gasteiger partial charge in [-0.25, -0.2) is 9.78 Å². The number of urea groups is 1. The van der Waals surface area contributed by atoms with Crippen LogP contribution in [-0.4, -0.2) is 42.1 Å². The van der Waals surface area contributed by atoms with Crippen LogP contribution in [0.25, 0.3) is 0 Å². The minimum Gasteiger partial charge on any atom is -0.543 e. The van der Waals surface area contributed by atoms with Crippen LogP contribution in [0.5, 0.6) is 0 Å². The molecule has 2 amide bonds. The number of aromatic carboxylic acids is 1. The second-order valence-electron chi connectivity index (χ2n) is 4.77. The van der Waals surface area contributed by atoms with Gasteiger partial charge in [0.2, 0.25) is 0 Å². The molecule has 0 aliphatic heterocycles. The molecule has 0 atom stereocenters. The van der Waals surface area contributed by atoms with Gasteiger partial charge in [0.1, 0.15) is 5.01 Å². The summed E-state index contributed by atoms with van der Waals surface area (Å²) in [6, 6.07) is 6.42. The highest BCUT2D eigenvalue weighted by Gasteiger charge is 2.16. The summed E-state index contributed by atoms with van der Waals surface area (Å²) in [7, 11) is 1.53. The zero-order chi connectivity index (χ0) is 17.5. The van der Waals surface area contributed by atoms with Gasteiger partial charge >= 0.3 is 6.03 Å². The maximum Gasteiger partial charge on any atom is 0.322 e. The number of amides is 2. The predicted molar refractivity (Wildman–Crippen MR) is 89.2 cm³/mol. The maximum absolute atomic E-state index is 12.4. The number of ether oxygens (including phenoxy) is 1. The van der Waals surface area contributed by atoms with Crippen LogP contribution in [0.15, 0.2) is 29.6 Å². The van der Waals surface area contributed by atoms with Crippen molar-refractivity contribution in [3.8, 4) is 0 Å². The predicted octanol–water partition coefficient (Wildman–Crippen LogP) is 1.84. The number of carboxylic acids is 1. The van der Waals surface area contributed by atoms with Gasteiger partial charge in [-0.2, -0.15) is 0 Å². The first kappa shape index (κ1) is 18.2. The largest absolute Gasteiger partial charge is 0.543 e. The summed E-state index contributed by atoms with van der Waals surface area (Å²) in [6.07, 6.45) is 0. The van der Waals surface area contributed by atoms with Crippen LogP contribution in [0.1, 0.15) is 15.5 Å². The fraction of sp³-hybridized carbons (Fsp3) is 0.267. The number of halogens is 1. The highest BCUT2D eigenvalue weighted by Crippen LogP contribution is 2.17. The number of nitrogens with one attached hydrogen (secondary N) is 1. The highest BCUT2D eigenvalue weighted by atomic mass is 35.5. The van der Waals surface area contributed by atoms with Crippen LogP contribution in [0.2, 0.25) is 5.02 Å². The van der Waals surface area contributed by atoms with E-state index in [1.54, 1.807) is 24.3 Å². The summed E-state index contributed by atoms with van der Waals surface area (Å²) in [6.45, 7) is 0.818. The van der Waals surface area contributed by atoms with Crippen molar-refractivity contribution in [1.82, 2.24) is 9.88 Å². The van der Waals surface area contributed by atoms with Gasteiger partial charge in [-0.05, 0) is 18.2 Å². The molecule has 1 aromatic carbocycles. The Balaban J connectivity index is 2.08. The molecule has 0 saturated carbocycles. The molecule has 0 bridgehead atoms. The van der Waals surface area contributed by atoms with Gasteiger partial charge in [0.15, 0.2) is 0 Å². The summed E-state index contributed by atoms with van der Waals surface area (Å²) in [5.74, 6) is -1.34. The lowest BCUT2D eigenvalue weighted by Crippen LogP contribution is -2.36. The molecule has 2 rings (SSSR count). The van der Waals surface area contributed by atoms with E-state index in [9.17, 15) is 14.7 Å². The van der Waals surface area contributed by atoms with Crippen molar-refractivity contribution in [1.29, 1.82) is 0 Å². The molecule has 0 fully saturated rings. The standard InChI is InChI=1S/C15H16ClN3O4S/c1-23-6-5-19(8-13-18-12(9-24-13)14(20)21)15(22)17-11-4-2-3-10(16)7-11/h2-4,7,9H,5-6,8H2,1H3,(H,17,22)(H,20,21)/p-1. The Labute approximate surface area is 147 Å². The minimum atomic E-state index is -1.34. The zero-order valence-corrected chi connectivity index (χ0v) is 14.4. The van der Waals surface area contributed by atoms with E-state index in [4.69, 9.17) is 16.3 Å². The number of nitrogens with zero attached hydrogens (tertiary/aromatic N) is 2. The van der Waals surface area contributed by atoms with E-state index in [-0.39, 0.29) is 18.3 Å². The lowest BCUT2D eigenvalue weighted by atomic mass is 10.3. The molecule has 0 spiro atoms. The Morgan fingerprint density at radius 1 is 1.46 bits per heavy atom. The number of carboxylic acid groups (broad SMARTS) is 1. The first-order valence-electron chi connectivity index (χ1n) is 6.95. The van der Waals surface area contributed by atoms with Crippen LogP contribution < -0.4 is 10.4 Å². The average Bonchev–Trinajstić information content (AvgIpc) is 3.00. The van der Waals surface area contributed by atoms with Crippen molar-refractivity contribution in [3.05, 3.63) is 45.4 Å². The number of thiazole rings is 1. The number of anilines is 1. The average molecular weight is 369 g/mol. The quantitative estimate of drug-likeness (QED) is 0.804. The summed E-state index contributed by atoms with van der Waals surface area (Å²) in [4.78, 5) is 28.6. The molecule has 0 saturated heterocycles. The molecule has 0 unspecified atom stereocenters. The van der Waals surface area contributed by atoms with Gasteiger partial charge in [0.05, 0.1) is 24.8 Å². The molecular formula is C15H15ClN3O4S-. The third-order valence-corrected chi connectivity index (χ3v) is 4.08. The molecule has 7 nitrogen and oxygen atoms in total. The van der Waals surface area contributed by atoms with Gasteiger partial charge in [-0.1, -0.05) is 17.7 Å². The monoisotopic (exact) mass is 368 g/mol. The van der Waals surface area contributed by atoms with E-state index in [1.165, 1.54) is 17.4 Å². The van der Waals surface area contributed by atoms with E-state index in [2.05, 4.69) is 10.3 Å². The molecule has 9 heteroatoms. The number of rotatable bonds is 7. The van der Waals surface area contributed by atoms with Crippen molar-refractivity contribution in [2.75, 3.05) is 25.6 Å². The summed E-state index contributed by atoms with van der Waals surface area (Å²) in [5.41, 5.74) is 0.418. The molecular weight excluding hydrogens is 354 g/mol. The lowest BCUT2D eigenvalue weighted by molar-refractivity contribution is -0.255. The first-order valence-corrected chi connectivity index (χ1v) is 8.21. The SMILES string of the molecule is COCCN(Cc1nc(C(=O)[O-])cs1)C(=O)Nc1cccc(Cl)c1. The molecule has 0 aliphatic carbocycles. The second-order valence-corrected chi connectivity index (χ2v) is 6.15. The molecule has 1 heterocycles. The Bertz CT molecular complexity index is 722. The van der Waals surface area contributed by atoms with E-state index >= 15 is 0 Å². The fourth-order valence-electron chi connectivity index (χ4n) is 1.86. The smallest absolute Gasteiger partial charge is 0.322 e. The molecule has 1 N–H and O–H groups in total. The van der Waals surface area contributed by atoms with Gasteiger partial charge in [-0.15, -0.1) is 11.3 Å². The number of carbonyl (C=O) groups excluding carboxylic acids is 2. The van der Waals surface area contributed by atoms with E-state index in [0.29, 0.717) is 28.9 Å². The third-order valence-electron chi connectivity index (χ3n) is 3.02. The van der Waals surface area contributed by atoms with Crippen LogP contribution in [0.3, 0.4) is 0 Å². The third kappa shape index (κ3) is 5.19. The van der Waals surface area contributed by atoms with Gasteiger partial charge in [0.25, 0.3) is 0 Å². The van der Waals surface area contributed by atoms with Crippen molar-refractivity contribution >= 4 is 40.6 Å². The summed E-state index contributed by atoms with van der Waals surface area (Å²) >= 11 is 7.05. The number of carbonyl (C=O) groups is 2. The Hall–Kier alpha value is -2.16. The molecule has 24 heavy (non-hydrogen) atoms. The number of aromatic nitrogens is 1. The zero-order valence-electron chi connectivity index (χ0n) is 12.8. The van der Waals surface area contributed by atoms with Gasteiger partial charge in [-0.3, -0.25) is 0 Å². The Morgan fingerprint density at radius 2 is 2.25 bits per heavy atom. The Morgan fingerprint density at radius 3 is 2.88 bits per heavy atom. The lowest BCUT2D eigenvalue weighted by Gasteiger charge is -2.21. The van der Waals surface area contributed by atoms with Crippen molar-refractivity contribution in [2.45, 2.75) is 6.54 Å². The van der Waals surface area contributed by atoms with Crippen LogP contribution in [-0.2, 0) is 11.3 Å². The molecule has 2 aromatic rings. The van der Waals surface area contributed by atoms with Crippen molar-refractivity contribution < 1.29 is 19.4 Å². The molecule has 0 radical (unpaired) electrons. The van der Waals surface area contributed by atoms with Gasteiger partial charge in [0, 0.05) is 29.7 Å². The fourth-order valence-corrected chi connectivity index (χ4v) is 2.83. The number of hydrogen-bond donors (Lipinski definition) is 1. The highest BCUT2D eigenvalue weighted by molar-refractivity contribution is 7.09.